The molecule has 0 atom stereocenters. The summed E-state index contributed by atoms with van der Waals surface area (Å²) in [5.41, 5.74) is 4.85. The van der Waals surface area contributed by atoms with Crippen LogP contribution in [-0.4, -0.2) is 18.3 Å². The van der Waals surface area contributed by atoms with Gasteiger partial charge >= 0.3 is 0 Å². The average molecular weight is 159 g/mol. The molecule has 0 unspecified atom stereocenters. The highest BCUT2D eigenvalue weighted by Gasteiger charge is 2.10. The van der Waals surface area contributed by atoms with Crippen LogP contribution in [0.2, 0.25) is 0 Å². The van der Waals surface area contributed by atoms with Gasteiger partial charge in [0.15, 0.2) is 0 Å². The molecule has 1 fully saturated rings. The Morgan fingerprint density at radius 1 is 1.27 bits per heavy atom. The molecule has 1 aliphatic carbocycles. The summed E-state index contributed by atoms with van der Waals surface area (Å²) >= 11 is 0. The van der Waals surface area contributed by atoms with E-state index in [9.17, 15) is 0 Å². The van der Waals surface area contributed by atoms with Crippen molar-refractivity contribution in [2.75, 3.05) is 13.2 Å². The fourth-order valence-corrected chi connectivity index (χ4v) is 1.37. The van der Waals surface area contributed by atoms with E-state index in [-0.39, 0.29) is 0 Å². The van der Waals surface area contributed by atoms with Gasteiger partial charge in [-0.3, -0.25) is 0 Å². The molecule has 0 aromatic carbocycles. The SMILES string of the molecule is CCN.OCC1CCCCC1. The van der Waals surface area contributed by atoms with E-state index in [1.807, 2.05) is 6.92 Å². The topological polar surface area (TPSA) is 46.2 Å². The summed E-state index contributed by atoms with van der Waals surface area (Å²) in [5.74, 6) is 0.642. The normalized spacial score (nSPS) is 18.8. The molecule has 0 saturated heterocycles. The molecule has 68 valence electrons. The second-order valence-electron chi connectivity index (χ2n) is 3.09. The van der Waals surface area contributed by atoms with Crippen LogP contribution < -0.4 is 5.73 Å². The Hall–Kier alpha value is -0.0800. The number of hydrogen-bond acceptors (Lipinski definition) is 2. The van der Waals surface area contributed by atoms with Gasteiger partial charge in [0.1, 0.15) is 0 Å². The van der Waals surface area contributed by atoms with Crippen molar-refractivity contribution in [3.8, 4) is 0 Å². The van der Waals surface area contributed by atoms with Gasteiger partial charge in [-0.2, -0.15) is 0 Å². The first-order chi connectivity index (χ1) is 5.35. The highest BCUT2D eigenvalue weighted by atomic mass is 16.3. The first-order valence-corrected chi connectivity index (χ1v) is 4.66. The Bertz CT molecular complexity index is 70.0. The van der Waals surface area contributed by atoms with E-state index >= 15 is 0 Å². The molecule has 11 heavy (non-hydrogen) atoms. The first-order valence-electron chi connectivity index (χ1n) is 4.66. The molecule has 1 saturated carbocycles. The minimum atomic E-state index is 0.417. The van der Waals surface area contributed by atoms with Crippen molar-refractivity contribution in [2.24, 2.45) is 11.7 Å². The third-order valence-electron chi connectivity index (χ3n) is 1.98. The summed E-state index contributed by atoms with van der Waals surface area (Å²) in [6.45, 7) is 3.07. The van der Waals surface area contributed by atoms with Gasteiger partial charge in [-0.1, -0.05) is 26.2 Å². The van der Waals surface area contributed by atoms with Crippen LogP contribution in [0.25, 0.3) is 0 Å². The molecule has 0 aromatic rings. The Morgan fingerprint density at radius 2 is 1.73 bits per heavy atom. The van der Waals surface area contributed by atoms with Crippen molar-refractivity contribution in [3.05, 3.63) is 0 Å². The lowest BCUT2D eigenvalue weighted by Crippen LogP contribution is -2.09. The van der Waals surface area contributed by atoms with E-state index in [1.165, 1.54) is 32.1 Å². The molecular formula is C9H21NO. The fraction of sp³-hybridized carbons (Fsp3) is 1.00. The van der Waals surface area contributed by atoms with E-state index in [4.69, 9.17) is 10.8 Å². The van der Waals surface area contributed by atoms with Crippen molar-refractivity contribution in [2.45, 2.75) is 39.0 Å². The highest BCUT2D eigenvalue weighted by Crippen LogP contribution is 2.22. The van der Waals surface area contributed by atoms with Crippen LogP contribution in [-0.2, 0) is 0 Å². The fourth-order valence-electron chi connectivity index (χ4n) is 1.37. The minimum absolute atomic E-state index is 0.417. The van der Waals surface area contributed by atoms with Crippen LogP contribution in [0, 0.1) is 5.92 Å². The number of rotatable bonds is 1. The zero-order valence-electron chi connectivity index (χ0n) is 7.55. The quantitative estimate of drug-likeness (QED) is 0.609. The monoisotopic (exact) mass is 159 g/mol. The Kier molecular flexibility index (Phi) is 7.96. The maximum atomic E-state index is 8.69. The van der Waals surface area contributed by atoms with Crippen LogP contribution in [0.3, 0.4) is 0 Å². The molecule has 2 nitrogen and oxygen atoms in total. The smallest absolute Gasteiger partial charge is 0.0459 e. The second-order valence-corrected chi connectivity index (χ2v) is 3.09. The molecular weight excluding hydrogens is 138 g/mol. The summed E-state index contributed by atoms with van der Waals surface area (Å²) in [6, 6.07) is 0. The van der Waals surface area contributed by atoms with E-state index < -0.39 is 0 Å². The van der Waals surface area contributed by atoms with Gasteiger partial charge < -0.3 is 10.8 Å². The molecule has 0 radical (unpaired) electrons. The lowest BCUT2D eigenvalue weighted by Gasteiger charge is -2.18. The largest absolute Gasteiger partial charge is 0.396 e. The van der Waals surface area contributed by atoms with Crippen molar-refractivity contribution < 1.29 is 5.11 Å². The minimum Gasteiger partial charge on any atom is -0.396 e. The van der Waals surface area contributed by atoms with Crippen molar-refractivity contribution in [3.63, 3.8) is 0 Å². The number of nitrogens with two attached hydrogens (primary N) is 1. The molecule has 0 amide bonds. The van der Waals surface area contributed by atoms with Gasteiger partial charge in [0.05, 0.1) is 0 Å². The third-order valence-corrected chi connectivity index (χ3v) is 1.98. The molecule has 1 aliphatic rings. The average Bonchev–Trinajstić information content (AvgIpc) is 2.08. The summed E-state index contributed by atoms with van der Waals surface area (Å²) in [4.78, 5) is 0. The molecule has 0 spiro atoms. The predicted molar refractivity (Wildman–Crippen MR) is 48.4 cm³/mol. The molecule has 0 bridgehead atoms. The Balaban J connectivity index is 0.000000292. The number of aliphatic hydroxyl groups excluding tert-OH is 1. The molecule has 0 aliphatic heterocycles. The molecule has 1 rings (SSSR count). The highest BCUT2D eigenvalue weighted by molar-refractivity contribution is 4.63. The molecule has 0 aromatic heterocycles. The first kappa shape index (κ1) is 10.9. The van der Waals surface area contributed by atoms with Crippen LogP contribution in [0.15, 0.2) is 0 Å². The van der Waals surface area contributed by atoms with Gasteiger partial charge in [0, 0.05) is 6.61 Å². The van der Waals surface area contributed by atoms with Crippen LogP contribution in [0.1, 0.15) is 39.0 Å². The maximum absolute atomic E-state index is 8.69. The van der Waals surface area contributed by atoms with E-state index in [2.05, 4.69) is 0 Å². The Morgan fingerprint density at radius 3 is 2.00 bits per heavy atom. The van der Waals surface area contributed by atoms with Crippen LogP contribution in [0.5, 0.6) is 0 Å². The van der Waals surface area contributed by atoms with E-state index in [0.717, 1.165) is 6.54 Å². The number of hydrogen-bond donors (Lipinski definition) is 2. The number of aliphatic hydroxyl groups is 1. The van der Waals surface area contributed by atoms with E-state index in [1.54, 1.807) is 0 Å². The summed E-state index contributed by atoms with van der Waals surface area (Å²) in [6.07, 6.45) is 6.58. The van der Waals surface area contributed by atoms with Crippen molar-refractivity contribution >= 4 is 0 Å². The second kappa shape index (κ2) is 8.02. The predicted octanol–water partition coefficient (Wildman–Crippen LogP) is 1.52. The molecule has 0 heterocycles. The van der Waals surface area contributed by atoms with Crippen molar-refractivity contribution in [1.29, 1.82) is 0 Å². The van der Waals surface area contributed by atoms with Gasteiger partial charge in [-0.15, -0.1) is 0 Å². The molecule has 2 heteroatoms. The maximum Gasteiger partial charge on any atom is 0.0459 e. The zero-order chi connectivity index (χ0) is 8.53. The van der Waals surface area contributed by atoms with E-state index in [0.29, 0.717) is 12.5 Å². The standard InChI is InChI=1S/C7H14O.C2H7N/c8-6-7-4-2-1-3-5-7;1-2-3/h7-8H,1-6H2;2-3H2,1H3. The third kappa shape index (κ3) is 6.32. The van der Waals surface area contributed by atoms with Crippen LogP contribution in [0.4, 0.5) is 0 Å². The lowest BCUT2D eigenvalue weighted by molar-refractivity contribution is 0.190. The summed E-state index contributed by atoms with van der Waals surface area (Å²) < 4.78 is 0. The Labute approximate surface area is 69.8 Å². The van der Waals surface area contributed by atoms with Gasteiger partial charge in [-0.05, 0) is 25.3 Å². The molecule has 3 N–H and O–H groups in total. The summed E-state index contributed by atoms with van der Waals surface area (Å²) in [5, 5.41) is 8.69. The van der Waals surface area contributed by atoms with Gasteiger partial charge in [-0.25, -0.2) is 0 Å². The summed E-state index contributed by atoms with van der Waals surface area (Å²) in [7, 11) is 0. The van der Waals surface area contributed by atoms with Gasteiger partial charge in [0.2, 0.25) is 0 Å². The van der Waals surface area contributed by atoms with Gasteiger partial charge in [0.25, 0.3) is 0 Å². The van der Waals surface area contributed by atoms with Crippen LogP contribution >= 0.6 is 0 Å². The van der Waals surface area contributed by atoms with Crippen molar-refractivity contribution in [1.82, 2.24) is 0 Å². The zero-order valence-corrected chi connectivity index (χ0v) is 7.55. The lowest BCUT2D eigenvalue weighted by atomic mass is 9.90.